The number of sulfonamides is 1. The van der Waals surface area contributed by atoms with Gasteiger partial charge in [-0.05, 0) is 61.2 Å². The number of hydrogen-bond donors (Lipinski definition) is 1. The molecule has 2 unspecified atom stereocenters. The van der Waals surface area contributed by atoms with Gasteiger partial charge in [0.15, 0.2) is 0 Å². The summed E-state index contributed by atoms with van der Waals surface area (Å²) >= 11 is 18.5. The minimum Gasteiger partial charge on any atom is -0.352 e. The summed E-state index contributed by atoms with van der Waals surface area (Å²) in [6, 6.07) is 20.3. The van der Waals surface area contributed by atoms with Crippen LogP contribution in [0.15, 0.2) is 72.8 Å². The van der Waals surface area contributed by atoms with Crippen molar-refractivity contribution in [3.8, 4) is 0 Å². The zero-order valence-electron chi connectivity index (χ0n) is 23.9. The highest BCUT2D eigenvalue weighted by atomic mass is 35.5. The van der Waals surface area contributed by atoms with Gasteiger partial charge in [0.1, 0.15) is 6.04 Å². The maximum absolute atomic E-state index is 13.9. The third-order valence-electron chi connectivity index (χ3n) is 6.86. The van der Waals surface area contributed by atoms with Crippen molar-refractivity contribution in [2.45, 2.75) is 58.2 Å². The summed E-state index contributed by atoms with van der Waals surface area (Å²) in [4.78, 5) is 29.1. The lowest BCUT2D eigenvalue weighted by atomic mass is 10.0. The van der Waals surface area contributed by atoms with Gasteiger partial charge in [-0.3, -0.25) is 13.9 Å². The Bertz CT molecular complexity index is 1470. The Hall–Kier alpha value is -2.78. The normalized spacial score (nSPS) is 12.8. The molecule has 0 saturated carbocycles. The van der Waals surface area contributed by atoms with E-state index in [4.69, 9.17) is 34.8 Å². The average molecular weight is 653 g/mol. The molecule has 3 aromatic rings. The highest BCUT2D eigenvalue weighted by Crippen LogP contribution is 2.26. The van der Waals surface area contributed by atoms with Crippen molar-refractivity contribution in [1.82, 2.24) is 10.2 Å². The van der Waals surface area contributed by atoms with Crippen molar-refractivity contribution in [2.24, 2.45) is 0 Å². The Morgan fingerprint density at radius 3 is 2.24 bits per heavy atom. The summed E-state index contributed by atoms with van der Waals surface area (Å²) in [5.74, 6) is -0.556. The number of benzene rings is 3. The summed E-state index contributed by atoms with van der Waals surface area (Å²) < 4.78 is 26.4. The standard InChI is InChI=1S/C31H36Cl3N3O4S/c1-4-22(2)35-31(39)29(19-23-10-6-5-7-11-23)36(21-24-15-16-27(33)28(34)18-24)30(38)14-9-17-37(42(3,40)41)26-13-8-12-25(32)20-26/h5-8,10-13,15-16,18,20,22,29H,4,9,14,17,19,21H2,1-3H3,(H,35,39). The lowest BCUT2D eigenvalue weighted by Crippen LogP contribution is -2.52. The summed E-state index contributed by atoms with van der Waals surface area (Å²) in [7, 11) is -3.64. The second-order valence-electron chi connectivity index (χ2n) is 10.2. The second-order valence-corrected chi connectivity index (χ2v) is 13.4. The molecule has 2 amide bonds. The van der Waals surface area contributed by atoms with Gasteiger partial charge in [-0.2, -0.15) is 0 Å². The third kappa shape index (κ3) is 9.90. The van der Waals surface area contributed by atoms with E-state index in [9.17, 15) is 18.0 Å². The van der Waals surface area contributed by atoms with Gasteiger partial charge < -0.3 is 10.2 Å². The van der Waals surface area contributed by atoms with Gasteiger partial charge in [0.05, 0.1) is 22.0 Å². The highest BCUT2D eigenvalue weighted by Gasteiger charge is 2.31. The fourth-order valence-corrected chi connectivity index (χ4v) is 5.93. The molecular weight excluding hydrogens is 617 g/mol. The highest BCUT2D eigenvalue weighted by molar-refractivity contribution is 7.92. The van der Waals surface area contributed by atoms with Gasteiger partial charge in [0, 0.05) is 37.0 Å². The van der Waals surface area contributed by atoms with Crippen LogP contribution in [0.5, 0.6) is 0 Å². The number of nitrogens with one attached hydrogen (secondary N) is 1. The number of hydrogen-bond acceptors (Lipinski definition) is 4. The molecule has 11 heteroatoms. The molecule has 1 N–H and O–H groups in total. The minimum atomic E-state index is -3.64. The first-order valence-electron chi connectivity index (χ1n) is 13.7. The molecule has 2 atom stereocenters. The topological polar surface area (TPSA) is 86.8 Å². The molecule has 0 aliphatic heterocycles. The van der Waals surface area contributed by atoms with E-state index in [0.717, 1.165) is 18.2 Å². The Morgan fingerprint density at radius 1 is 0.905 bits per heavy atom. The molecule has 0 heterocycles. The Balaban J connectivity index is 1.91. The molecule has 0 aliphatic rings. The van der Waals surface area contributed by atoms with Crippen LogP contribution >= 0.6 is 34.8 Å². The number of halogens is 3. The van der Waals surface area contributed by atoms with Crippen LogP contribution in [0, 0.1) is 0 Å². The monoisotopic (exact) mass is 651 g/mol. The summed E-state index contributed by atoms with van der Waals surface area (Å²) in [5.41, 5.74) is 2.03. The lowest BCUT2D eigenvalue weighted by molar-refractivity contribution is -0.141. The van der Waals surface area contributed by atoms with Gasteiger partial charge in [-0.15, -0.1) is 0 Å². The molecule has 3 aromatic carbocycles. The van der Waals surface area contributed by atoms with Crippen molar-refractivity contribution in [3.63, 3.8) is 0 Å². The van der Waals surface area contributed by atoms with Crippen molar-refractivity contribution in [1.29, 1.82) is 0 Å². The quantitative estimate of drug-likeness (QED) is 0.209. The van der Waals surface area contributed by atoms with Crippen LogP contribution in [-0.2, 0) is 32.6 Å². The van der Waals surface area contributed by atoms with E-state index in [0.29, 0.717) is 32.7 Å². The van der Waals surface area contributed by atoms with Crippen molar-refractivity contribution in [3.05, 3.63) is 99.0 Å². The molecule has 7 nitrogen and oxygen atoms in total. The summed E-state index contributed by atoms with van der Waals surface area (Å²) in [6.07, 6.45) is 2.38. The summed E-state index contributed by atoms with van der Waals surface area (Å²) in [6.45, 7) is 4.07. The zero-order valence-corrected chi connectivity index (χ0v) is 27.0. The molecule has 0 bridgehead atoms. The maximum Gasteiger partial charge on any atom is 0.243 e. The number of nitrogens with zero attached hydrogens (tertiary/aromatic N) is 2. The molecule has 226 valence electrons. The van der Waals surface area contributed by atoms with Crippen LogP contribution in [0.3, 0.4) is 0 Å². The van der Waals surface area contributed by atoms with Gasteiger partial charge in [0.25, 0.3) is 0 Å². The van der Waals surface area contributed by atoms with Gasteiger partial charge in [0.2, 0.25) is 21.8 Å². The van der Waals surface area contributed by atoms with Crippen molar-refractivity contribution < 1.29 is 18.0 Å². The lowest BCUT2D eigenvalue weighted by Gasteiger charge is -2.33. The molecule has 3 rings (SSSR count). The number of rotatable bonds is 14. The van der Waals surface area contributed by atoms with Crippen molar-refractivity contribution >= 4 is 62.3 Å². The first-order chi connectivity index (χ1) is 19.9. The number of anilines is 1. The minimum absolute atomic E-state index is 0.00973. The van der Waals surface area contributed by atoms with Crippen LogP contribution in [-0.4, -0.2) is 50.0 Å². The zero-order chi connectivity index (χ0) is 30.9. The number of amides is 2. The molecule has 42 heavy (non-hydrogen) atoms. The second kappa shape index (κ2) is 15.6. The van der Waals surface area contributed by atoms with E-state index in [1.54, 1.807) is 47.4 Å². The van der Waals surface area contributed by atoms with Gasteiger partial charge in [-0.25, -0.2) is 8.42 Å². The summed E-state index contributed by atoms with van der Waals surface area (Å²) in [5, 5.41) is 4.16. The smallest absolute Gasteiger partial charge is 0.243 e. The Morgan fingerprint density at radius 2 is 1.62 bits per heavy atom. The Kier molecular flexibility index (Phi) is 12.5. The molecule has 0 saturated heterocycles. The largest absolute Gasteiger partial charge is 0.352 e. The van der Waals surface area contributed by atoms with Crippen LogP contribution in [0.1, 0.15) is 44.2 Å². The fourth-order valence-electron chi connectivity index (χ4n) is 4.46. The molecule has 0 spiro atoms. The van der Waals surface area contributed by atoms with E-state index >= 15 is 0 Å². The number of carbonyl (C=O) groups excluding carboxylic acids is 2. The molecular formula is C31H36Cl3N3O4S. The van der Waals surface area contributed by atoms with Gasteiger partial charge in [-0.1, -0.05) is 84.2 Å². The Labute approximate surface area is 263 Å². The third-order valence-corrected chi connectivity index (χ3v) is 9.03. The first-order valence-corrected chi connectivity index (χ1v) is 16.7. The SMILES string of the molecule is CCC(C)NC(=O)C(Cc1ccccc1)N(Cc1ccc(Cl)c(Cl)c1)C(=O)CCCN(c1cccc(Cl)c1)S(C)(=O)=O. The fraction of sp³-hybridized carbons (Fsp3) is 0.355. The average Bonchev–Trinajstić information content (AvgIpc) is 2.94. The van der Waals surface area contributed by atoms with Crippen LogP contribution in [0.25, 0.3) is 0 Å². The molecule has 0 radical (unpaired) electrons. The van der Waals surface area contributed by atoms with Crippen molar-refractivity contribution in [2.75, 3.05) is 17.1 Å². The first kappa shape index (κ1) is 33.7. The number of carbonyl (C=O) groups is 2. The van der Waals surface area contributed by atoms with E-state index in [-0.39, 0.29) is 43.8 Å². The predicted octanol–water partition coefficient (Wildman–Crippen LogP) is 6.75. The maximum atomic E-state index is 13.9. The molecule has 0 fully saturated rings. The van der Waals surface area contributed by atoms with E-state index in [1.807, 2.05) is 44.2 Å². The molecule has 0 aromatic heterocycles. The van der Waals surface area contributed by atoms with E-state index in [2.05, 4.69) is 5.32 Å². The van der Waals surface area contributed by atoms with Crippen LogP contribution < -0.4 is 9.62 Å². The van der Waals surface area contributed by atoms with Crippen LogP contribution in [0.2, 0.25) is 15.1 Å². The van der Waals surface area contributed by atoms with E-state index in [1.165, 1.54) is 4.31 Å². The molecule has 0 aliphatic carbocycles. The van der Waals surface area contributed by atoms with Crippen LogP contribution in [0.4, 0.5) is 5.69 Å². The predicted molar refractivity (Wildman–Crippen MR) is 172 cm³/mol. The van der Waals surface area contributed by atoms with Gasteiger partial charge >= 0.3 is 0 Å². The van der Waals surface area contributed by atoms with E-state index < -0.39 is 16.1 Å².